The molecule has 2 rings (SSSR count). The number of carbonyl (C=O) groups excluding carboxylic acids is 2. The summed E-state index contributed by atoms with van der Waals surface area (Å²) in [5.41, 5.74) is 2.48. The molecule has 0 heterocycles. The number of ether oxygens (including phenoxy) is 1. The highest BCUT2D eigenvalue weighted by Crippen LogP contribution is 2.17. The minimum Gasteiger partial charge on any atom is -0.454 e. The molecular formula is C21H25ClN2O5S2. The lowest BCUT2D eigenvalue weighted by atomic mass is 10.1. The Morgan fingerprint density at radius 1 is 1.13 bits per heavy atom. The molecule has 0 radical (unpaired) electrons. The van der Waals surface area contributed by atoms with Crippen molar-refractivity contribution in [2.45, 2.75) is 31.2 Å². The van der Waals surface area contributed by atoms with Crippen LogP contribution in [0.25, 0.3) is 0 Å². The third kappa shape index (κ3) is 7.84. The molecule has 31 heavy (non-hydrogen) atoms. The predicted octanol–water partition coefficient (Wildman–Crippen LogP) is 3.54. The van der Waals surface area contributed by atoms with Crippen LogP contribution in [0.1, 0.15) is 17.5 Å². The average molecular weight is 485 g/mol. The van der Waals surface area contributed by atoms with Gasteiger partial charge in [-0.2, -0.15) is 16.5 Å². The van der Waals surface area contributed by atoms with E-state index in [2.05, 4.69) is 10.0 Å². The molecule has 0 bridgehead atoms. The summed E-state index contributed by atoms with van der Waals surface area (Å²) in [7, 11) is -3.97. The van der Waals surface area contributed by atoms with Gasteiger partial charge < -0.3 is 10.1 Å². The van der Waals surface area contributed by atoms with Crippen molar-refractivity contribution in [2.75, 3.05) is 23.9 Å². The molecule has 0 aliphatic rings. The fourth-order valence-electron chi connectivity index (χ4n) is 2.62. The molecule has 0 fully saturated rings. The molecule has 168 valence electrons. The number of anilines is 1. The quantitative estimate of drug-likeness (QED) is 0.500. The standard InChI is InChI=1S/C21H25ClN2O5S2/c1-14-4-5-15(2)19(12-14)23-20(25)13-29-21(26)18(10-11-30-3)24-31(27,28)17-8-6-16(22)7-9-17/h4-9,12,18,24H,10-11,13H2,1-3H3,(H,23,25)/t18-/m1/s1. The summed E-state index contributed by atoms with van der Waals surface area (Å²) in [5.74, 6) is -0.800. The topological polar surface area (TPSA) is 102 Å². The molecule has 2 N–H and O–H groups in total. The molecule has 2 aromatic rings. The van der Waals surface area contributed by atoms with Gasteiger partial charge in [-0.25, -0.2) is 8.42 Å². The Morgan fingerprint density at radius 3 is 2.45 bits per heavy atom. The van der Waals surface area contributed by atoms with Gasteiger partial charge in [0.05, 0.1) is 4.90 Å². The van der Waals surface area contributed by atoms with Crippen LogP contribution in [-0.2, 0) is 24.3 Å². The van der Waals surface area contributed by atoms with Crippen LogP contribution in [0.4, 0.5) is 5.69 Å². The second kappa shape index (κ2) is 11.5. The van der Waals surface area contributed by atoms with Crippen molar-refractivity contribution >= 4 is 50.9 Å². The Balaban J connectivity index is 2.02. The van der Waals surface area contributed by atoms with E-state index in [0.717, 1.165) is 11.1 Å². The van der Waals surface area contributed by atoms with Gasteiger partial charge in [-0.3, -0.25) is 9.59 Å². The zero-order valence-corrected chi connectivity index (χ0v) is 19.9. The lowest BCUT2D eigenvalue weighted by Crippen LogP contribution is -2.43. The Bertz CT molecular complexity index is 1030. The summed E-state index contributed by atoms with van der Waals surface area (Å²) >= 11 is 7.26. The second-order valence-electron chi connectivity index (χ2n) is 6.88. The number of amides is 1. The van der Waals surface area contributed by atoms with Crippen molar-refractivity contribution in [1.82, 2.24) is 4.72 Å². The fourth-order valence-corrected chi connectivity index (χ4v) is 4.44. The average Bonchev–Trinajstić information content (AvgIpc) is 2.72. The summed E-state index contributed by atoms with van der Waals surface area (Å²) in [6.07, 6.45) is 2.05. The first-order valence-electron chi connectivity index (χ1n) is 9.43. The van der Waals surface area contributed by atoms with Gasteiger partial charge in [-0.05, 0) is 73.7 Å². The van der Waals surface area contributed by atoms with E-state index in [1.165, 1.54) is 36.0 Å². The summed E-state index contributed by atoms with van der Waals surface area (Å²) in [4.78, 5) is 24.7. The first-order valence-corrected chi connectivity index (χ1v) is 12.7. The number of benzene rings is 2. The maximum absolute atomic E-state index is 12.6. The number of esters is 1. The van der Waals surface area contributed by atoms with Gasteiger partial charge in [-0.1, -0.05) is 23.7 Å². The first kappa shape index (κ1) is 25.2. The normalized spacial score (nSPS) is 12.3. The zero-order valence-electron chi connectivity index (χ0n) is 17.5. The van der Waals surface area contributed by atoms with Crippen molar-refractivity contribution in [3.05, 3.63) is 58.6 Å². The van der Waals surface area contributed by atoms with Gasteiger partial charge in [-0.15, -0.1) is 0 Å². The van der Waals surface area contributed by atoms with Crippen LogP contribution < -0.4 is 10.0 Å². The number of carbonyl (C=O) groups is 2. The van der Waals surface area contributed by atoms with Crippen molar-refractivity contribution in [1.29, 1.82) is 0 Å². The number of thioether (sulfide) groups is 1. The number of aryl methyl sites for hydroxylation is 2. The van der Waals surface area contributed by atoms with Crippen molar-refractivity contribution in [3.8, 4) is 0 Å². The fraction of sp³-hybridized carbons (Fsp3) is 0.333. The number of sulfonamides is 1. The SMILES string of the molecule is CSCC[C@@H](NS(=O)(=O)c1ccc(Cl)cc1)C(=O)OCC(=O)Nc1cc(C)ccc1C. The van der Waals surface area contributed by atoms with E-state index in [1.807, 2.05) is 38.3 Å². The third-order valence-electron chi connectivity index (χ3n) is 4.33. The van der Waals surface area contributed by atoms with Crippen molar-refractivity contribution in [3.63, 3.8) is 0 Å². The van der Waals surface area contributed by atoms with Gasteiger partial charge in [0.25, 0.3) is 5.91 Å². The molecule has 1 atom stereocenters. The van der Waals surface area contributed by atoms with Crippen LogP contribution in [0.3, 0.4) is 0 Å². The molecule has 10 heteroatoms. The summed E-state index contributed by atoms with van der Waals surface area (Å²) < 4.78 is 32.7. The van der Waals surface area contributed by atoms with Crippen LogP contribution in [0, 0.1) is 13.8 Å². The maximum atomic E-state index is 12.6. The lowest BCUT2D eigenvalue weighted by molar-refractivity contribution is -0.149. The Kier molecular flexibility index (Phi) is 9.36. The monoisotopic (exact) mass is 484 g/mol. The Morgan fingerprint density at radius 2 is 1.81 bits per heavy atom. The number of rotatable bonds is 10. The Hall–Kier alpha value is -2.07. The maximum Gasteiger partial charge on any atom is 0.324 e. The van der Waals surface area contributed by atoms with E-state index in [-0.39, 0.29) is 11.3 Å². The van der Waals surface area contributed by atoms with Crippen LogP contribution >= 0.6 is 23.4 Å². The number of nitrogens with one attached hydrogen (secondary N) is 2. The molecule has 0 aliphatic carbocycles. The molecule has 2 aromatic carbocycles. The molecule has 0 aliphatic heterocycles. The van der Waals surface area contributed by atoms with Crippen molar-refractivity contribution < 1.29 is 22.7 Å². The van der Waals surface area contributed by atoms with Crippen LogP contribution in [-0.4, -0.2) is 45.0 Å². The van der Waals surface area contributed by atoms with E-state index in [9.17, 15) is 18.0 Å². The minimum absolute atomic E-state index is 0.0217. The van der Waals surface area contributed by atoms with E-state index >= 15 is 0 Å². The molecule has 0 aromatic heterocycles. The van der Waals surface area contributed by atoms with Gasteiger partial charge in [0.15, 0.2) is 6.61 Å². The lowest BCUT2D eigenvalue weighted by Gasteiger charge is -2.17. The van der Waals surface area contributed by atoms with Gasteiger partial charge >= 0.3 is 5.97 Å². The van der Waals surface area contributed by atoms with Crippen LogP contribution in [0.2, 0.25) is 5.02 Å². The molecule has 0 saturated heterocycles. The predicted molar refractivity (Wildman–Crippen MR) is 124 cm³/mol. The molecular weight excluding hydrogens is 460 g/mol. The highest BCUT2D eigenvalue weighted by molar-refractivity contribution is 7.98. The van der Waals surface area contributed by atoms with Gasteiger partial charge in [0.2, 0.25) is 10.0 Å². The van der Waals surface area contributed by atoms with Crippen LogP contribution in [0.5, 0.6) is 0 Å². The number of hydrogen-bond donors (Lipinski definition) is 2. The van der Waals surface area contributed by atoms with Gasteiger partial charge in [0, 0.05) is 10.7 Å². The largest absolute Gasteiger partial charge is 0.454 e. The molecule has 0 unspecified atom stereocenters. The number of halogens is 1. The van der Waals surface area contributed by atoms with Crippen molar-refractivity contribution in [2.24, 2.45) is 0 Å². The molecule has 1 amide bonds. The van der Waals surface area contributed by atoms with Gasteiger partial charge in [0.1, 0.15) is 6.04 Å². The molecule has 7 nitrogen and oxygen atoms in total. The highest BCUT2D eigenvalue weighted by Gasteiger charge is 2.27. The third-order valence-corrected chi connectivity index (χ3v) is 6.71. The van der Waals surface area contributed by atoms with E-state index in [1.54, 1.807) is 0 Å². The first-order chi connectivity index (χ1) is 14.6. The second-order valence-corrected chi connectivity index (χ2v) is 10.0. The smallest absolute Gasteiger partial charge is 0.324 e. The highest BCUT2D eigenvalue weighted by atomic mass is 35.5. The summed E-state index contributed by atoms with van der Waals surface area (Å²) in [6.45, 7) is 3.23. The van der Waals surface area contributed by atoms with E-state index in [0.29, 0.717) is 16.5 Å². The minimum atomic E-state index is -3.97. The summed E-state index contributed by atoms with van der Waals surface area (Å²) in [5, 5.41) is 3.09. The summed E-state index contributed by atoms with van der Waals surface area (Å²) in [6, 6.07) is 10.1. The Labute approximate surface area is 191 Å². The van der Waals surface area contributed by atoms with Crippen LogP contribution in [0.15, 0.2) is 47.4 Å². The zero-order chi connectivity index (χ0) is 23.0. The van der Waals surface area contributed by atoms with E-state index < -0.39 is 34.5 Å². The molecule has 0 saturated carbocycles. The molecule has 0 spiro atoms. The number of hydrogen-bond acceptors (Lipinski definition) is 6. The van der Waals surface area contributed by atoms with E-state index in [4.69, 9.17) is 16.3 Å².